The zero-order valence-corrected chi connectivity index (χ0v) is 13.8. The molecule has 1 aliphatic carbocycles. The van der Waals surface area contributed by atoms with Gasteiger partial charge in [-0.05, 0) is 17.9 Å². The Morgan fingerprint density at radius 3 is 2.71 bits per heavy atom. The fourth-order valence-corrected chi connectivity index (χ4v) is 3.72. The van der Waals surface area contributed by atoms with Crippen molar-refractivity contribution in [3.05, 3.63) is 36.5 Å². The smallest absolute Gasteiger partial charge is 0.233 e. The lowest BCUT2D eigenvalue weighted by atomic mass is 10.0. The summed E-state index contributed by atoms with van der Waals surface area (Å²) in [6.45, 7) is 2.77. The fourth-order valence-electron chi connectivity index (χ4n) is 3.72. The summed E-state index contributed by atoms with van der Waals surface area (Å²) in [5.74, 6) is 0.879. The molecule has 2 fully saturated rings. The predicted octanol–water partition coefficient (Wildman–Crippen LogP) is 1.89. The third kappa shape index (κ3) is 2.29. The third-order valence-corrected chi connectivity index (χ3v) is 5.19. The number of nitrogens with zero attached hydrogens (tertiary/aromatic N) is 3. The SMILES string of the molecule is CC(=O)N1CC2CC2(C(=O)Nc2nn(C)cc2-c2ccccc2)C1. The number of hydrogen-bond donors (Lipinski definition) is 1. The second-order valence-corrected chi connectivity index (χ2v) is 6.84. The Morgan fingerprint density at radius 1 is 1.29 bits per heavy atom. The van der Waals surface area contributed by atoms with Crippen LogP contribution in [0, 0.1) is 11.3 Å². The van der Waals surface area contributed by atoms with Gasteiger partial charge in [0.1, 0.15) is 0 Å². The van der Waals surface area contributed by atoms with Crippen molar-refractivity contribution in [2.75, 3.05) is 18.4 Å². The Kier molecular flexibility index (Phi) is 3.23. The number of aryl methyl sites for hydroxylation is 1. The number of amides is 2. The van der Waals surface area contributed by atoms with E-state index in [4.69, 9.17) is 0 Å². The van der Waals surface area contributed by atoms with Crippen molar-refractivity contribution in [1.82, 2.24) is 14.7 Å². The zero-order valence-electron chi connectivity index (χ0n) is 13.8. The van der Waals surface area contributed by atoms with E-state index in [9.17, 15) is 9.59 Å². The number of nitrogens with one attached hydrogen (secondary N) is 1. The van der Waals surface area contributed by atoms with Gasteiger partial charge in [0.25, 0.3) is 0 Å². The van der Waals surface area contributed by atoms with Gasteiger partial charge in [-0.1, -0.05) is 30.3 Å². The number of likely N-dealkylation sites (tertiary alicyclic amines) is 1. The quantitative estimate of drug-likeness (QED) is 0.937. The minimum atomic E-state index is -0.419. The minimum Gasteiger partial charge on any atom is -0.342 e. The maximum Gasteiger partial charge on any atom is 0.233 e. The second kappa shape index (κ2) is 5.19. The summed E-state index contributed by atoms with van der Waals surface area (Å²) in [5, 5.41) is 7.41. The number of rotatable bonds is 3. The summed E-state index contributed by atoms with van der Waals surface area (Å²) in [4.78, 5) is 26.2. The summed E-state index contributed by atoms with van der Waals surface area (Å²) in [5.41, 5.74) is 1.50. The molecule has 4 rings (SSSR count). The summed E-state index contributed by atoms with van der Waals surface area (Å²) in [7, 11) is 1.84. The molecule has 2 aliphatic rings. The lowest BCUT2D eigenvalue weighted by Gasteiger charge is -2.18. The fraction of sp³-hybridized carbons (Fsp3) is 0.389. The standard InChI is InChI=1S/C18H20N4O2/c1-12(23)22-9-14-8-18(14,11-22)17(24)19-16-15(10-21(2)20-16)13-6-4-3-5-7-13/h3-7,10,14H,8-9,11H2,1-2H3,(H,19,20,24). The Hall–Kier alpha value is -2.63. The van der Waals surface area contributed by atoms with Crippen LogP contribution in [0.15, 0.2) is 36.5 Å². The monoisotopic (exact) mass is 324 g/mol. The highest BCUT2D eigenvalue weighted by Gasteiger charge is 2.65. The molecule has 2 amide bonds. The molecule has 2 aromatic rings. The lowest BCUT2D eigenvalue weighted by molar-refractivity contribution is -0.129. The van der Waals surface area contributed by atoms with E-state index >= 15 is 0 Å². The van der Waals surface area contributed by atoms with Gasteiger partial charge in [0, 0.05) is 38.8 Å². The van der Waals surface area contributed by atoms with Gasteiger partial charge in [-0.25, -0.2) is 0 Å². The molecule has 2 atom stereocenters. The van der Waals surface area contributed by atoms with Gasteiger partial charge in [-0.3, -0.25) is 14.3 Å². The van der Waals surface area contributed by atoms with E-state index < -0.39 is 5.41 Å². The predicted molar refractivity (Wildman–Crippen MR) is 90.1 cm³/mol. The number of piperidine rings is 1. The largest absolute Gasteiger partial charge is 0.342 e. The van der Waals surface area contributed by atoms with Gasteiger partial charge < -0.3 is 10.2 Å². The molecule has 1 saturated heterocycles. The van der Waals surface area contributed by atoms with Crippen LogP contribution >= 0.6 is 0 Å². The van der Waals surface area contributed by atoms with Crippen LogP contribution in [0.4, 0.5) is 5.82 Å². The molecule has 24 heavy (non-hydrogen) atoms. The molecular formula is C18H20N4O2. The molecule has 6 heteroatoms. The molecule has 1 N–H and O–H groups in total. The maximum atomic E-state index is 12.8. The molecular weight excluding hydrogens is 304 g/mol. The van der Waals surface area contributed by atoms with Crippen molar-refractivity contribution in [3.63, 3.8) is 0 Å². The van der Waals surface area contributed by atoms with Gasteiger partial charge in [-0.15, -0.1) is 0 Å². The maximum absolute atomic E-state index is 12.8. The summed E-state index contributed by atoms with van der Waals surface area (Å²) in [6, 6.07) is 9.88. The molecule has 2 heterocycles. The summed E-state index contributed by atoms with van der Waals surface area (Å²) < 4.78 is 1.70. The molecule has 1 saturated carbocycles. The van der Waals surface area contributed by atoms with E-state index in [-0.39, 0.29) is 17.7 Å². The highest BCUT2D eigenvalue weighted by atomic mass is 16.2. The molecule has 1 aliphatic heterocycles. The Morgan fingerprint density at radius 2 is 2.04 bits per heavy atom. The molecule has 124 valence electrons. The van der Waals surface area contributed by atoms with Gasteiger partial charge in [0.2, 0.25) is 11.8 Å². The molecule has 1 aromatic carbocycles. The molecule has 0 spiro atoms. The first-order valence-electron chi connectivity index (χ1n) is 8.15. The van der Waals surface area contributed by atoms with Crippen LogP contribution in [0.2, 0.25) is 0 Å². The third-order valence-electron chi connectivity index (χ3n) is 5.19. The van der Waals surface area contributed by atoms with Crippen molar-refractivity contribution >= 4 is 17.6 Å². The van der Waals surface area contributed by atoms with Crippen LogP contribution in [-0.2, 0) is 16.6 Å². The number of anilines is 1. The summed E-state index contributed by atoms with van der Waals surface area (Å²) in [6.07, 6.45) is 2.76. The van der Waals surface area contributed by atoms with E-state index in [0.717, 1.165) is 17.5 Å². The average Bonchev–Trinajstić information content (AvgIpc) is 2.94. The van der Waals surface area contributed by atoms with Crippen molar-refractivity contribution in [3.8, 4) is 11.1 Å². The zero-order chi connectivity index (χ0) is 16.9. The first kappa shape index (κ1) is 14.9. The first-order chi connectivity index (χ1) is 11.5. The van der Waals surface area contributed by atoms with Crippen molar-refractivity contribution in [2.45, 2.75) is 13.3 Å². The van der Waals surface area contributed by atoms with Gasteiger partial charge >= 0.3 is 0 Å². The van der Waals surface area contributed by atoms with E-state index in [0.29, 0.717) is 18.9 Å². The van der Waals surface area contributed by atoms with Crippen LogP contribution in [-0.4, -0.2) is 39.6 Å². The van der Waals surface area contributed by atoms with E-state index in [1.165, 1.54) is 0 Å². The van der Waals surface area contributed by atoms with Crippen LogP contribution in [0.3, 0.4) is 0 Å². The highest BCUT2D eigenvalue weighted by Crippen LogP contribution is 2.58. The van der Waals surface area contributed by atoms with Crippen molar-refractivity contribution in [2.24, 2.45) is 18.4 Å². The van der Waals surface area contributed by atoms with Gasteiger partial charge in [0.15, 0.2) is 5.82 Å². The Labute approximate surface area is 140 Å². The number of fused-ring (bicyclic) bond motifs is 1. The lowest BCUT2D eigenvalue weighted by Crippen LogP contribution is -2.34. The normalized spacial score (nSPS) is 24.6. The number of carbonyl (C=O) groups is 2. The number of aromatic nitrogens is 2. The second-order valence-electron chi connectivity index (χ2n) is 6.84. The van der Waals surface area contributed by atoms with Crippen molar-refractivity contribution < 1.29 is 9.59 Å². The molecule has 1 aromatic heterocycles. The van der Waals surface area contributed by atoms with Crippen LogP contribution in [0.5, 0.6) is 0 Å². The van der Waals surface area contributed by atoms with Gasteiger partial charge in [0.05, 0.1) is 5.41 Å². The number of carbonyl (C=O) groups excluding carboxylic acids is 2. The van der Waals surface area contributed by atoms with Gasteiger partial charge in [-0.2, -0.15) is 5.10 Å². The first-order valence-corrected chi connectivity index (χ1v) is 8.15. The van der Waals surface area contributed by atoms with Crippen LogP contribution < -0.4 is 5.32 Å². The van der Waals surface area contributed by atoms with E-state index in [1.54, 1.807) is 16.5 Å². The Bertz CT molecular complexity index is 814. The summed E-state index contributed by atoms with van der Waals surface area (Å²) >= 11 is 0. The Balaban J connectivity index is 1.57. The van der Waals surface area contributed by atoms with E-state index in [1.807, 2.05) is 43.6 Å². The number of hydrogen-bond acceptors (Lipinski definition) is 3. The minimum absolute atomic E-state index is 0.0212. The topological polar surface area (TPSA) is 67.2 Å². The van der Waals surface area contributed by atoms with Crippen LogP contribution in [0.25, 0.3) is 11.1 Å². The van der Waals surface area contributed by atoms with E-state index in [2.05, 4.69) is 10.4 Å². The van der Waals surface area contributed by atoms with Crippen molar-refractivity contribution in [1.29, 1.82) is 0 Å². The molecule has 6 nitrogen and oxygen atoms in total. The molecule has 0 radical (unpaired) electrons. The number of benzene rings is 1. The average molecular weight is 324 g/mol. The van der Waals surface area contributed by atoms with Crippen LogP contribution in [0.1, 0.15) is 13.3 Å². The highest BCUT2D eigenvalue weighted by molar-refractivity contribution is 6.00. The molecule has 0 bridgehead atoms. The molecule has 2 unspecified atom stereocenters.